The van der Waals surface area contributed by atoms with E-state index in [1.54, 1.807) is 6.92 Å². The normalized spacial score (nSPS) is 25.5. The Kier molecular flexibility index (Phi) is 3.45. The van der Waals surface area contributed by atoms with Crippen LogP contribution in [-0.4, -0.2) is 17.4 Å². The SMILES string of the molecule is CC1(C(O)C(F)(F)F)CCCCCC1. The Morgan fingerprint density at radius 1 is 1.07 bits per heavy atom. The minimum atomic E-state index is -4.47. The van der Waals surface area contributed by atoms with E-state index in [-0.39, 0.29) is 0 Å². The van der Waals surface area contributed by atoms with Gasteiger partial charge in [0, 0.05) is 5.41 Å². The number of hydrogen-bond acceptors (Lipinski definition) is 1. The van der Waals surface area contributed by atoms with Gasteiger partial charge >= 0.3 is 6.18 Å². The van der Waals surface area contributed by atoms with Crippen LogP contribution in [0, 0.1) is 5.41 Å². The van der Waals surface area contributed by atoms with Crippen LogP contribution >= 0.6 is 0 Å². The molecule has 0 aromatic heterocycles. The topological polar surface area (TPSA) is 20.2 Å². The summed E-state index contributed by atoms with van der Waals surface area (Å²) < 4.78 is 37.1. The van der Waals surface area contributed by atoms with Crippen LogP contribution in [0.3, 0.4) is 0 Å². The molecule has 0 aromatic carbocycles. The van der Waals surface area contributed by atoms with Crippen molar-refractivity contribution in [2.75, 3.05) is 0 Å². The molecule has 84 valence electrons. The Hall–Kier alpha value is -0.250. The van der Waals surface area contributed by atoms with Crippen LogP contribution in [0.25, 0.3) is 0 Å². The Morgan fingerprint density at radius 3 is 1.86 bits per heavy atom. The molecule has 0 radical (unpaired) electrons. The van der Waals surface area contributed by atoms with Crippen molar-refractivity contribution in [2.24, 2.45) is 5.41 Å². The Labute approximate surface area is 82.3 Å². The highest BCUT2D eigenvalue weighted by Crippen LogP contribution is 2.43. The van der Waals surface area contributed by atoms with E-state index < -0.39 is 17.7 Å². The number of rotatable bonds is 1. The zero-order valence-electron chi connectivity index (χ0n) is 8.40. The van der Waals surface area contributed by atoms with Crippen molar-refractivity contribution in [2.45, 2.75) is 57.7 Å². The van der Waals surface area contributed by atoms with Crippen molar-refractivity contribution >= 4 is 0 Å². The molecular weight excluding hydrogens is 193 g/mol. The second kappa shape index (κ2) is 4.09. The fourth-order valence-electron chi connectivity index (χ4n) is 2.20. The van der Waals surface area contributed by atoms with Gasteiger partial charge in [0.1, 0.15) is 0 Å². The Balaban J connectivity index is 2.70. The van der Waals surface area contributed by atoms with Crippen molar-refractivity contribution in [3.63, 3.8) is 0 Å². The van der Waals surface area contributed by atoms with Gasteiger partial charge < -0.3 is 5.11 Å². The van der Waals surface area contributed by atoms with Gasteiger partial charge in [-0.25, -0.2) is 0 Å². The average Bonchev–Trinajstić information content (AvgIpc) is 2.28. The lowest BCUT2D eigenvalue weighted by Gasteiger charge is -2.34. The summed E-state index contributed by atoms with van der Waals surface area (Å²) in [5.41, 5.74) is -0.964. The molecule has 1 aliphatic carbocycles. The third-order valence-corrected chi connectivity index (χ3v) is 3.22. The standard InChI is InChI=1S/C10H17F3O/c1-9(8(14)10(11,12)13)6-4-2-3-5-7-9/h8,14H,2-7H2,1H3. The molecule has 1 saturated carbocycles. The summed E-state index contributed by atoms with van der Waals surface area (Å²) in [7, 11) is 0. The average molecular weight is 210 g/mol. The third kappa shape index (κ3) is 2.62. The van der Waals surface area contributed by atoms with E-state index >= 15 is 0 Å². The molecule has 1 aliphatic rings. The fraction of sp³-hybridized carbons (Fsp3) is 1.00. The van der Waals surface area contributed by atoms with E-state index in [1.165, 1.54) is 0 Å². The second-order valence-electron chi connectivity index (χ2n) is 4.51. The molecule has 4 heteroatoms. The largest absolute Gasteiger partial charge is 0.414 e. The first-order valence-corrected chi connectivity index (χ1v) is 5.11. The van der Waals surface area contributed by atoms with E-state index in [0.29, 0.717) is 12.8 Å². The Morgan fingerprint density at radius 2 is 1.50 bits per heavy atom. The highest BCUT2D eigenvalue weighted by atomic mass is 19.4. The number of aliphatic hydroxyl groups excluding tert-OH is 1. The summed E-state index contributed by atoms with van der Waals surface area (Å²) >= 11 is 0. The van der Waals surface area contributed by atoms with Crippen LogP contribution < -0.4 is 0 Å². The van der Waals surface area contributed by atoms with Crippen LogP contribution in [0.1, 0.15) is 45.4 Å². The summed E-state index contributed by atoms with van der Waals surface area (Å²) in [6.45, 7) is 1.55. The maximum atomic E-state index is 12.4. The van der Waals surface area contributed by atoms with Crippen molar-refractivity contribution in [1.82, 2.24) is 0 Å². The molecule has 0 aliphatic heterocycles. The maximum absolute atomic E-state index is 12.4. The van der Waals surface area contributed by atoms with Gasteiger partial charge in [0.2, 0.25) is 0 Å². The van der Waals surface area contributed by atoms with Crippen molar-refractivity contribution in [1.29, 1.82) is 0 Å². The summed E-state index contributed by atoms with van der Waals surface area (Å²) in [6.07, 6.45) is -2.11. The van der Waals surface area contributed by atoms with Crippen molar-refractivity contribution in [3.05, 3.63) is 0 Å². The van der Waals surface area contributed by atoms with Gasteiger partial charge in [0.05, 0.1) is 0 Å². The van der Waals surface area contributed by atoms with Gasteiger partial charge in [0.25, 0.3) is 0 Å². The van der Waals surface area contributed by atoms with Gasteiger partial charge in [-0.2, -0.15) is 13.2 Å². The van der Waals surface area contributed by atoms with Crippen LogP contribution in [-0.2, 0) is 0 Å². The first-order chi connectivity index (χ1) is 6.36. The molecule has 0 spiro atoms. The molecule has 1 atom stereocenters. The summed E-state index contributed by atoms with van der Waals surface area (Å²) in [4.78, 5) is 0. The van der Waals surface area contributed by atoms with Crippen LogP contribution in [0.5, 0.6) is 0 Å². The van der Waals surface area contributed by atoms with Crippen LogP contribution in [0.2, 0.25) is 0 Å². The van der Waals surface area contributed by atoms with E-state index in [1.807, 2.05) is 0 Å². The molecule has 0 bridgehead atoms. The highest BCUT2D eigenvalue weighted by molar-refractivity contribution is 4.88. The lowest BCUT2D eigenvalue weighted by Crippen LogP contribution is -2.43. The molecule has 1 unspecified atom stereocenters. The first-order valence-electron chi connectivity index (χ1n) is 5.11. The molecule has 14 heavy (non-hydrogen) atoms. The summed E-state index contributed by atoms with van der Waals surface area (Å²) in [5, 5.41) is 9.27. The minimum absolute atomic E-state index is 0.480. The van der Waals surface area contributed by atoms with E-state index in [9.17, 15) is 18.3 Å². The smallest absolute Gasteiger partial charge is 0.383 e. The zero-order valence-corrected chi connectivity index (χ0v) is 8.40. The fourth-order valence-corrected chi connectivity index (χ4v) is 2.20. The van der Waals surface area contributed by atoms with Gasteiger partial charge in [-0.3, -0.25) is 0 Å². The number of alkyl halides is 3. The zero-order chi connectivity index (χ0) is 10.8. The Bertz CT molecular complexity index is 180. The predicted octanol–water partition coefficient (Wildman–Crippen LogP) is 3.27. The lowest BCUT2D eigenvalue weighted by atomic mass is 9.77. The van der Waals surface area contributed by atoms with E-state index in [0.717, 1.165) is 25.7 Å². The van der Waals surface area contributed by atoms with Gasteiger partial charge in [-0.05, 0) is 12.8 Å². The molecule has 0 saturated heterocycles. The minimum Gasteiger partial charge on any atom is -0.383 e. The van der Waals surface area contributed by atoms with Gasteiger partial charge in [-0.1, -0.05) is 32.6 Å². The molecule has 1 fully saturated rings. The first kappa shape index (κ1) is 11.8. The molecular formula is C10H17F3O. The molecule has 1 nitrogen and oxygen atoms in total. The molecule has 1 rings (SSSR count). The molecule has 0 heterocycles. The quantitative estimate of drug-likeness (QED) is 0.658. The van der Waals surface area contributed by atoms with Crippen LogP contribution in [0.15, 0.2) is 0 Å². The highest BCUT2D eigenvalue weighted by Gasteiger charge is 2.49. The van der Waals surface area contributed by atoms with Crippen molar-refractivity contribution < 1.29 is 18.3 Å². The number of halogens is 3. The summed E-state index contributed by atoms with van der Waals surface area (Å²) in [6, 6.07) is 0. The molecule has 1 N–H and O–H groups in total. The summed E-state index contributed by atoms with van der Waals surface area (Å²) in [5.74, 6) is 0. The van der Waals surface area contributed by atoms with Gasteiger partial charge in [-0.15, -0.1) is 0 Å². The number of hydrogen-bond donors (Lipinski definition) is 1. The third-order valence-electron chi connectivity index (χ3n) is 3.22. The second-order valence-corrected chi connectivity index (χ2v) is 4.51. The van der Waals surface area contributed by atoms with Crippen LogP contribution in [0.4, 0.5) is 13.2 Å². The number of aliphatic hydroxyl groups is 1. The monoisotopic (exact) mass is 210 g/mol. The lowest BCUT2D eigenvalue weighted by molar-refractivity contribution is -0.238. The van der Waals surface area contributed by atoms with E-state index in [2.05, 4.69) is 0 Å². The molecule has 0 aromatic rings. The van der Waals surface area contributed by atoms with Gasteiger partial charge in [0.15, 0.2) is 6.10 Å². The van der Waals surface area contributed by atoms with E-state index in [4.69, 9.17) is 0 Å². The van der Waals surface area contributed by atoms with Crippen molar-refractivity contribution in [3.8, 4) is 0 Å². The predicted molar refractivity (Wildman–Crippen MR) is 47.9 cm³/mol. The molecule has 0 amide bonds. The maximum Gasteiger partial charge on any atom is 0.414 e.